The molecule has 1 saturated heterocycles. The quantitative estimate of drug-likeness (QED) is 0.905. The minimum absolute atomic E-state index is 0.0403. The van der Waals surface area contributed by atoms with E-state index >= 15 is 0 Å². The Bertz CT molecular complexity index is 538. The van der Waals surface area contributed by atoms with Gasteiger partial charge in [-0.15, -0.1) is 0 Å². The van der Waals surface area contributed by atoms with E-state index < -0.39 is 10.0 Å². The molecule has 114 valence electrons. The fraction of sp³-hybridized carbons (Fsp3) is 0.714. The molecule has 1 aromatic heterocycles. The van der Waals surface area contributed by atoms with Gasteiger partial charge in [0.15, 0.2) is 0 Å². The van der Waals surface area contributed by atoms with E-state index in [9.17, 15) is 8.42 Å². The maximum absolute atomic E-state index is 12.6. The normalized spacial score (nSPS) is 24.9. The summed E-state index contributed by atoms with van der Waals surface area (Å²) in [6.45, 7) is 8.00. The minimum Gasteiger partial charge on any atom is -0.447 e. The minimum atomic E-state index is -3.51. The molecule has 0 spiro atoms. The van der Waals surface area contributed by atoms with E-state index in [4.69, 9.17) is 4.42 Å². The standard InChI is InChI=1S/C14H24N2O3S/c1-4-15-9-13-7-8-14(19-13)20(17,18)16-10-11(2)5-6-12(16)3/h7-8,11-12,15H,4-6,9-10H2,1-3H3. The molecule has 1 N–H and O–H groups in total. The van der Waals surface area contributed by atoms with Gasteiger partial charge in [0, 0.05) is 12.6 Å². The predicted octanol–water partition coefficient (Wildman–Crippen LogP) is 2.20. The van der Waals surface area contributed by atoms with E-state index in [0.717, 1.165) is 19.4 Å². The molecule has 2 unspecified atom stereocenters. The summed E-state index contributed by atoms with van der Waals surface area (Å²) in [4.78, 5) is 0. The Morgan fingerprint density at radius 3 is 2.80 bits per heavy atom. The fourth-order valence-electron chi connectivity index (χ4n) is 2.54. The van der Waals surface area contributed by atoms with E-state index in [1.807, 2.05) is 13.8 Å². The second-order valence-electron chi connectivity index (χ2n) is 5.61. The van der Waals surface area contributed by atoms with E-state index in [1.54, 1.807) is 16.4 Å². The Labute approximate surface area is 121 Å². The van der Waals surface area contributed by atoms with Gasteiger partial charge in [-0.25, -0.2) is 8.42 Å². The summed E-state index contributed by atoms with van der Waals surface area (Å²) in [5.74, 6) is 1.06. The smallest absolute Gasteiger partial charge is 0.276 e. The first-order chi connectivity index (χ1) is 9.45. The van der Waals surface area contributed by atoms with Crippen LogP contribution in [0.5, 0.6) is 0 Å². The van der Waals surface area contributed by atoms with Crippen LogP contribution in [-0.4, -0.2) is 31.9 Å². The van der Waals surface area contributed by atoms with Gasteiger partial charge in [0.25, 0.3) is 10.0 Å². The highest BCUT2D eigenvalue weighted by Crippen LogP contribution is 2.28. The summed E-state index contributed by atoms with van der Waals surface area (Å²) in [5, 5.41) is 3.18. The number of nitrogens with zero attached hydrogens (tertiary/aromatic N) is 1. The highest BCUT2D eigenvalue weighted by Gasteiger charge is 2.35. The second kappa shape index (κ2) is 6.28. The van der Waals surface area contributed by atoms with Crippen LogP contribution in [0.2, 0.25) is 0 Å². The monoisotopic (exact) mass is 300 g/mol. The Hall–Kier alpha value is -0.850. The van der Waals surface area contributed by atoms with Crippen molar-refractivity contribution in [3.8, 4) is 0 Å². The van der Waals surface area contributed by atoms with E-state index in [-0.39, 0.29) is 11.1 Å². The van der Waals surface area contributed by atoms with Crippen LogP contribution < -0.4 is 5.32 Å². The summed E-state index contributed by atoms with van der Waals surface area (Å²) in [7, 11) is -3.51. The van der Waals surface area contributed by atoms with Gasteiger partial charge in [0.05, 0.1) is 6.54 Å². The molecule has 1 aliphatic heterocycles. The highest BCUT2D eigenvalue weighted by molar-refractivity contribution is 7.89. The Morgan fingerprint density at radius 2 is 2.10 bits per heavy atom. The van der Waals surface area contributed by atoms with Gasteiger partial charge in [-0.05, 0) is 44.4 Å². The first kappa shape index (κ1) is 15.5. The number of furan rings is 1. The molecule has 0 aromatic carbocycles. The maximum Gasteiger partial charge on any atom is 0.276 e. The SMILES string of the molecule is CCNCc1ccc(S(=O)(=O)N2CC(C)CCC2C)o1. The molecule has 5 nitrogen and oxygen atoms in total. The van der Waals surface area contributed by atoms with Crippen molar-refractivity contribution in [2.45, 2.75) is 51.3 Å². The average molecular weight is 300 g/mol. The maximum atomic E-state index is 12.6. The third-order valence-corrected chi connectivity index (χ3v) is 5.66. The topological polar surface area (TPSA) is 62.6 Å². The number of nitrogens with one attached hydrogen (secondary N) is 1. The predicted molar refractivity (Wildman–Crippen MR) is 77.8 cm³/mol. The summed E-state index contributed by atoms with van der Waals surface area (Å²) in [6, 6.07) is 3.33. The first-order valence-electron chi connectivity index (χ1n) is 7.26. The Balaban J connectivity index is 2.18. The van der Waals surface area contributed by atoms with E-state index in [1.165, 1.54) is 0 Å². The molecule has 2 rings (SSSR count). The molecule has 1 fully saturated rings. The average Bonchev–Trinajstić information content (AvgIpc) is 2.88. The van der Waals surface area contributed by atoms with Crippen LogP contribution in [0.3, 0.4) is 0 Å². The van der Waals surface area contributed by atoms with Gasteiger partial charge >= 0.3 is 0 Å². The van der Waals surface area contributed by atoms with Crippen LogP contribution in [0.1, 0.15) is 39.4 Å². The Morgan fingerprint density at radius 1 is 1.35 bits per heavy atom. The van der Waals surface area contributed by atoms with Crippen LogP contribution >= 0.6 is 0 Å². The largest absolute Gasteiger partial charge is 0.447 e. The van der Waals surface area contributed by atoms with Crippen LogP contribution in [0.4, 0.5) is 0 Å². The van der Waals surface area contributed by atoms with Gasteiger partial charge in [-0.3, -0.25) is 0 Å². The molecule has 1 aromatic rings. The zero-order chi connectivity index (χ0) is 14.8. The number of sulfonamides is 1. The van der Waals surface area contributed by atoms with E-state index in [0.29, 0.717) is 24.8 Å². The molecule has 0 amide bonds. The van der Waals surface area contributed by atoms with Crippen molar-refractivity contribution in [1.82, 2.24) is 9.62 Å². The zero-order valence-electron chi connectivity index (χ0n) is 12.4. The zero-order valence-corrected chi connectivity index (χ0v) is 13.2. The number of piperidine rings is 1. The van der Waals surface area contributed by atoms with Gasteiger partial charge in [0.2, 0.25) is 5.09 Å². The third kappa shape index (κ3) is 3.24. The van der Waals surface area contributed by atoms with Crippen molar-refractivity contribution < 1.29 is 12.8 Å². The van der Waals surface area contributed by atoms with Gasteiger partial charge in [-0.2, -0.15) is 4.31 Å². The molecular formula is C14H24N2O3S. The highest BCUT2D eigenvalue weighted by atomic mass is 32.2. The molecular weight excluding hydrogens is 276 g/mol. The molecule has 0 saturated carbocycles. The summed E-state index contributed by atoms with van der Waals surface area (Å²) in [5.41, 5.74) is 0. The summed E-state index contributed by atoms with van der Waals surface area (Å²) >= 11 is 0. The summed E-state index contributed by atoms with van der Waals surface area (Å²) < 4.78 is 32.4. The van der Waals surface area contributed by atoms with Crippen molar-refractivity contribution in [2.24, 2.45) is 5.92 Å². The molecule has 6 heteroatoms. The van der Waals surface area contributed by atoms with E-state index in [2.05, 4.69) is 12.2 Å². The van der Waals surface area contributed by atoms with Crippen molar-refractivity contribution in [3.05, 3.63) is 17.9 Å². The van der Waals surface area contributed by atoms with Crippen LogP contribution in [-0.2, 0) is 16.6 Å². The molecule has 2 heterocycles. The lowest BCUT2D eigenvalue weighted by Crippen LogP contribution is -2.44. The van der Waals surface area contributed by atoms with Crippen LogP contribution in [0.25, 0.3) is 0 Å². The number of hydrogen-bond acceptors (Lipinski definition) is 4. The molecule has 0 bridgehead atoms. The molecule has 0 radical (unpaired) electrons. The molecule has 2 atom stereocenters. The van der Waals surface area contributed by atoms with Crippen LogP contribution in [0, 0.1) is 5.92 Å². The molecule has 0 aliphatic carbocycles. The van der Waals surface area contributed by atoms with Crippen LogP contribution in [0.15, 0.2) is 21.6 Å². The fourth-order valence-corrected chi connectivity index (χ4v) is 4.25. The van der Waals surface area contributed by atoms with Gasteiger partial charge in [-0.1, -0.05) is 13.8 Å². The number of rotatable bonds is 5. The van der Waals surface area contributed by atoms with Crippen molar-refractivity contribution in [1.29, 1.82) is 0 Å². The third-order valence-electron chi connectivity index (χ3n) is 3.81. The Kier molecular flexibility index (Phi) is 4.88. The molecule has 20 heavy (non-hydrogen) atoms. The number of hydrogen-bond donors (Lipinski definition) is 1. The molecule has 1 aliphatic rings. The summed E-state index contributed by atoms with van der Waals surface area (Å²) in [6.07, 6.45) is 1.99. The van der Waals surface area contributed by atoms with Gasteiger partial charge in [0.1, 0.15) is 5.76 Å². The first-order valence-corrected chi connectivity index (χ1v) is 8.70. The second-order valence-corrected chi connectivity index (χ2v) is 7.43. The van der Waals surface area contributed by atoms with Crippen molar-refractivity contribution >= 4 is 10.0 Å². The van der Waals surface area contributed by atoms with Crippen molar-refractivity contribution in [3.63, 3.8) is 0 Å². The lowest BCUT2D eigenvalue weighted by Gasteiger charge is -2.34. The van der Waals surface area contributed by atoms with Gasteiger partial charge < -0.3 is 9.73 Å². The lowest BCUT2D eigenvalue weighted by molar-refractivity contribution is 0.213. The van der Waals surface area contributed by atoms with Crippen molar-refractivity contribution in [2.75, 3.05) is 13.1 Å². The lowest BCUT2D eigenvalue weighted by atomic mass is 9.97.